The Morgan fingerprint density at radius 2 is 1.83 bits per heavy atom. The number of hydrogen-bond acceptors (Lipinski definition) is 3. The van der Waals surface area contributed by atoms with Crippen molar-refractivity contribution in [1.82, 2.24) is 6.15 Å². The van der Waals surface area contributed by atoms with Gasteiger partial charge in [-0.1, -0.05) is 0 Å². The Bertz CT molecular complexity index is 35.9. The van der Waals surface area contributed by atoms with E-state index in [0.29, 0.717) is 0 Å². The monoisotopic (exact) mass is 88.0 g/mol. The molecule has 5 nitrogen and oxygen atoms in total. The largest absolute Gasteiger partial charge is 1.00 e. The van der Waals surface area contributed by atoms with Crippen LogP contribution in [0.25, 0.3) is 0 Å². The van der Waals surface area contributed by atoms with Crippen molar-refractivity contribution in [1.29, 1.82) is 0 Å². The van der Waals surface area contributed by atoms with Crippen molar-refractivity contribution in [3.63, 3.8) is 0 Å². The summed E-state index contributed by atoms with van der Waals surface area (Å²) in [4.78, 5) is 8.36. The van der Waals surface area contributed by atoms with Crippen LogP contribution in [0, 0.1) is 10.1 Å². The molecule has 0 rings (SSSR count). The number of hydrogen-bond donors (Lipinski definition) is 2. The first-order valence-electron chi connectivity index (χ1n) is 0.565. The zero-order chi connectivity index (χ0) is 3.58. The molecule has 0 aromatic carbocycles. The normalized spacial score (nSPS) is 4.00. The van der Waals surface area contributed by atoms with Crippen LogP contribution < -0.4 is 25.0 Å². The molecule has 0 saturated heterocycles. The van der Waals surface area contributed by atoms with E-state index in [9.17, 15) is 0 Å². The van der Waals surface area contributed by atoms with Crippen molar-refractivity contribution < 1.29 is 30.6 Å². The molecule has 0 radical (unpaired) electrons. The van der Waals surface area contributed by atoms with Crippen molar-refractivity contribution in [2.24, 2.45) is 0 Å². The molecule has 0 amide bonds. The summed E-state index contributed by atoms with van der Waals surface area (Å²) in [5, 5.41) is 13.6. The van der Waals surface area contributed by atoms with Gasteiger partial charge in [0.1, 0.15) is 0 Å². The van der Waals surface area contributed by atoms with Crippen molar-refractivity contribution in [2.75, 3.05) is 0 Å². The molecule has 0 aliphatic heterocycles. The average Bonchev–Trinajstić information content (AvgIpc) is 0.811. The zero-order valence-electron chi connectivity index (χ0n) is 4.42. The fraction of sp³-hybridized carbons (Fsp3) is 0. The molecule has 0 fully saturated rings. The van der Waals surface area contributed by atoms with Gasteiger partial charge in [-0.05, 0) is 0 Å². The van der Waals surface area contributed by atoms with Crippen LogP contribution in [0.4, 0.5) is 0 Å². The summed E-state index contributed by atoms with van der Waals surface area (Å²) in [6.07, 6.45) is 0. The third-order valence-corrected chi connectivity index (χ3v) is 0. The third-order valence-electron chi connectivity index (χ3n) is 0. The van der Waals surface area contributed by atoms with E-state index in [0.717, 1.165) is 0 Å². The van der Waals surface area contributed by atoms with E-state index in [1.165, 1.54) is 0 Å². The van der Waals surface area contributed by atoms with Gasteiger partial charge in [0, 0.05) is 0 Å². The van der Waals surface area contributed by atoms with Gasteiger partial charge < -0.3 is 12.8 Å². The van der Waals surface area contributed by atoms with E-state index in [1.54, 1.807) is 0 Å². The molecule has 0 saturated carbocycles. The molecule has 4 N–H and O–H groups in total. The van der Waals surface area contributed by atoms with E-state index in [-0.39, 0.29) is 26.4 Å². The van der Waals surface area contributed by atoms with Gasteiger partial charge in [0.15, 0.2) is 0 Å². The van der Waals surface area contributed by atoms with Gasteiger partial charge in [0.25, 0.3) is 5.09 Å². The molecule has 0 unspecified atom stereocenters. The predicted octanol–water partition coefficient (Wildman–Crippen LogP) is -3.07. The van der Waals surface area contributed by atoms with Gasteiger partial charge in [-0.3, -0.25) is 0 Å². The molecule has 0 aromatic rings. The molecule has 0 bridgehead atoms. The van der Waals surface area contributed by atoms with Crippen molar-refractivity contribution >= 4 is 0 Å². The van der Waals surface area contributed by atoms with Crippen LogP contribution in [-0.4, -0.2) is 10.3 Å². The summed E-state index contributed by atoms with van der Waals surface area (Å²) in [5.74, 6) is 0. The van der Waals surface area contributed by atoms with Crippen molar-refractivity contribution in [3.05, 3.63) is 10.1 Å². The van der Waals surface area contributed by atoms with Crippen LogP contribution in [0.3, 0.4) is 0 Å². The summed E-state index contributed by atoms with van der Waals surface area (Å²) >= 11 is 0. The Labute approximate surface area is 47.7 Å². The Morgan fingerprint density at radius 3 is 1.83 bits per heavy atom. The van der Waals surface area contributed by atoms with E-state index < -0.39 is 5.09 Å². The van der Waals surface area contributed by atoms with Crippen LogP contribution in [0.2, 0.25) is 0 Å². The van der Waals surface area contributed by atoms with Gasteiger partial charge >= 0.3 is 18.9 Å². The molecule has 0 aromatic heterocycles. The minimum absolute atomic E-state index is 0. The first-order chi connectivity index (χ1) is 1.73. The molecule has 0 aliphatic carbocycles. The second kappa shape index (κ2) is 8.83. The Kier molecular flexibility index (Phi) is 25.2. The topological polar surface area (TPSA) is 98.4 Å². The van der Waals surface area contributed by atoms with Crippen molar-refractivity contribution in [2.45, 2.75) is 0 Å². The minimum atomic E-state index is -1.50. The molecule has 0 aliphatic rings. The summed E-state index contributed by atoms with van der Waals surface area (Å²) in [7, 11) is 0. The summed E-state index contributed by atoms with van der Waals surface area (Å²) in [6.45, 7) is 0. The standard InChI is InChI=1S/Li.HNO3.H3N.H/c;2-1(3)4;;/h;(H,2,3,4);1H3;/q+1;;;-1. The summed E-state index contributed by atoms with van der Waals surface area (Å²) in [5.41, 5.74) is 0. The van der Waals surface area contributed by atoms with E-state index in [4.69, 9.17) is 15.3 Å². The van der Waals surface area contributed by atoms with Crippen LogP contribution in [-0.2, 0) is 0 Å². The number of rotatable bonds is 0. The minimum Gasteiger partial charge on any atom is -1.00 e. The fourth-order valence-electron chi connectivity index (χ4n) is 0. The predicted molar refractivity (Wildman–Crippen MR) is 14.9 cm³/mol. The quantitative estimate of drug-likeness (QED) is 0.186. The third kappa shape index (κ3) is 485. The summed E-state index contributed by atoms with van der Waals surface area (Å²) < 4.78 is 0. The molecule has 0 spiro atoms. The van der Waals surface area contributed by atoms with Crippen LogP contribution in [0.15, 0.2) is 0 Å². The maximum absolute atomic E-state index is 8.36. The molecule has 34 valence electrons. The van der Waals surface area contributed by atoms with Gasteiger partial charge in [-0.25, -0.2) is 0 Å². The smallest absolute Gasteiger partial charge is 1.00 e. The zero-order valence-corrected chi connectivity index (χ0v) is 3.42. The first kappa shape index (κ1) is 17.1. The van der Waals surface area contributed by atoms with E-state index in [2.05, 4.69) is 0 Å². The average molecular weight is 88.0 g/mol. The van der Waals surface area contributed by atoms with E-state index >= 15 is 0 Å². The van der Waals surface area contributed by atoms with Gasteiger partial charge in [-0.15, -0.1) is 10.1 Å². The Hall–Kier alpha value is -0.243. The second-order valence-corrected chi connectivity index (χ2v) is 0.238. The van der Waals surface area contributed by atoms with Crippen molar-refractivity contribution in [3.8, 4) is 0 Å². The Balaban J connectivity index is -0.0000000150. The molecular formula is H5LiN2O3. The molecule has 0 heterocycles. The van der Waals surface area contributed by atoms with Gasteiger partial charge in [0.05, 0.1) is 0 Å². The Morgan fingerprint density at radius 1 is 1.83 bits per heavy atom. The molecular weight excluding hydrogens is 83.0 g/mol. The van der Waals surface area contributed by atoms with E-state index in [1.807, 2.05) is 0 Å². The summed E-state index contributed by atoms with van der Waals surface area (Å²) in [6, 6.07) is 0. The second-order valence-electron chi connectivity index (χ2n) is 0.238. The number of nitrogens with zero attached hydrogens (tertiary/aromatic N) is 1. The first-order valence-corrected chi connectivity index (χ1v) is 0.565. The SMILES string of the molecule is N.O=[N+]([O-])O.[H-].[Li+]. The maximum atomic E-state index is 8.36. The molecule has 0 atom stereocenters. The molecule has 6 heavy (non-hydrogen) atoms. The van der Waals surface area contributed by atoms with Crippen LogP contribution in [0.5, 0.6) is 0 Å². The van der Waals surface area contributed by atoms with Crippen LogP contribution >= 0.6 is 0 Å². The maximum Gasteiger partial charge on any atom is 1.00 e. The van der Waals surface area contributed by atoms with Gasteiger partial charge in [-0.2, -0.15) is 0 Å². The van der Waals surface area contributed by atoms with Gasteiger partial charge in [0.2, 0.25) is 0 Å². The van der Waals surface area contributed by atoms with Crippen LogP contribution in [0.1, 0.15) is 1.43 Å². The fourth-order valence-corrected chi connectivity index (χ4v) is 0. The molecule has 6 heteroatoms.